The summed E-state index contributed by atoms with van der Waals surface area (Å²) in [5.74, 6) is 2.11. The molecule has 0 aliphatic carbocycles. The summed E-state index contributed by atoms with van der Waals surface area (Å²) in [5, 5.41) is 5.95. The monoisotopic (exact) mass is 406 g/mol. The van der Waals surface area contributed by atoms with Crippen molar-refractivity contribution in [2.24, 2.45) is 0 Å². The second kappa shape index (κ2) is 11.5. The van der Waals surface area contributed by atoms with Crippen LogP contribution in [0.5, 0.6) is 17.2 Å². The van der Waals surface area contributed by atoms with Crippen molar-refractivity contribution in [3.05, 3.63) is 78.9 Å². The molecule has 2 N–H and O–H groups in total. The molecule has 0 radical (unpaired) electrons. The largest absolute Gasteiger partial charge is 0.491 e. The van der Waals surface area contributed by atoms with Crippen molar-refractivity contribution in [1.82, 2.24) is 0 Å². The summed E-state index contributed by atoms with van der Waals surface area (Å²) in [5.41, 5.74) is 1.55. The van der Waals surface area contributed by atoms with Gasteiger partial charge in [-0.2, -0.15) is 0 Å². The maximum Gasteiger partial charge on any atom is 0.243 e. The molecule has 1 amide bonds. The molecule has 0 atom stereocenters. The highest BCUT2D eigenvalue weighted by Crippen LogP contribution is 2.22. The lowest BCUT2D eigenvalue weighted by Gasteiger charge is -2.10. The fourth-order valence-electron chi connectivity index (χ4n) is 2.65. The Balaban J connectivity index is 1.41. The average Bonchev–Trinajstić information content (AvgIpc) is 2.78. The van der Waals surface area contributed by atoms with Gasteiger partial charge in [-0.3, -0.25) is 4.79 Å². The molecule has 0 aliphatic heterocycles. The minimum absolute atomic E-state index is 0.135. The number of anilines is 2. The van der Waals surface area contributed by atoms with Gasteiger partial charge in [0, 0.05) is 18.0 Å². The summed E-state index contributed by atoms with van der Waals surface area (Å²) in [6, 6.07) is 24.3. The molecule has 0 fully saturated rings. The fraction of sp³-hybridized carbons (Fsp3) is 0.208. The maximum absolute atomic E-state index is 12.2. The van der Waals surface area contributed by atoms with E-state index in [0.717, 1.165) is 17.2 Å². The predicted octanol–water partition coefficient (Wildman–Crippen LogP) is 4.94. The molecular formula is C24H26N2O4. The third-order valence-corrected chi connectivity index (χ3v) is 4.12. The Kier molecular flexibility index (Phi) is 8.12. The Morgan fingerprint density at radius 1 is 0.767 bits per heavy atom. The van der Waals surface area contributed by atoms with E-state index in [0.29, 0.717) is 31.3 Å². The molecule has 0 heterocycles. The van der Waals surface area contributed by atoms with Gasteiger partial charge in [0.05, 0.1) is 13.2 Å². The van der Waals surface area contributed by atoms with Crippen LogP contribution in [-0.2, 0) is 9.53 Å². The van der Waals surface area contributed by atoms with Crippen molar-refractivity contribution in [2.75, 3.05) is 37.0 Å². The zero-order valence-electron chi connectivity index (χ0n) is 17.0. The third kappa shape index (κ3) is 7.14. The lowest BCUT2D eigenvalue weighted by Crippen LogP contribution is -2.21. The molecule has 6 heteroatoms. The standard InChI is InChI=1S/C24H26N2O4/c1-2-28-16-17-29-21-12-8-19(9-13-21)25-18-24(27)26-20-10-14-23(15-11-20)30-22-6-4-3-5-7-22/h3-15,25H,2,16-18H2,1H3,(H,26,27). The summed E-state index contributed by atoms with van der Waals surface area (Å²) >= 11 is 0. The number of ether oxygens (including phenoxy) is 3. The molecule has 6 nitrogen and oxygen atoms in total. The molecule has 3 aromatic carbocycles. The highest BCUT2D eigenvalue weighted by molar-refractivity contribution is 5.93. The number of carbonyl (C=O) groups excluding carboxylic acids is 1. The minimum Gasteiger partial charge on any atom is -0.491 e. The Morgan fingerprint density at radius 3 is 2.10 bits per heavy atom. The van der Waals surface area contributed by atoms with Gasteiger partial charge >= 0.3 is 0 Å². The first-order valence-electron chi connectivity index (χ1n) is 9.90. The van der Waals surface area contributed by atoms with E-state index in [4.69, 9.17) is 14.2 Å². The molecule has 0 aromatic heterocycles. The van der Waals surface area contributed by atoms with Crippen LogP contribution in [-0.4, -0.2) is 32.3 Å². The van der Waals surface area contributed by atoms with Crippen LogP contribution >= 0.6 is 0 Å². The first-order valence-corrected chi connectivity index (χ1v) is 9.90. The average molecular weight is 406 g/mol. The molecule has 0 saturated carbocycles. The smallest absolute Gasteiger partial charge is 0.243 e. The Labute approximate surface area is 176 Å². The normalized spacial score (nSPS) is 10.3. The van der Waals surface area contributed by atoms with E-state index < -0.39 is 0 Å². The zero-order chi connectivity index (χ0) is 21.0. The Bertz CT molecular complexity index is 897. The minimum atomic E-state index is -0.135. The molecule has 3 aromatic rings. The Hall–Kier alpha value is -3.51. The van der Waals surface area contributed by atoms with Crippen molar-refractivity contribution in [2.45, 2.75) is 6.92 Å². The molecule has 0 saturated heterocycles. The molecule has 30 heavy (non-hydrogen) atoms. The van der Waals surface area contributed by atoms with E-state index >= 15 is 0 Å². The third-order valence-electron chi connectivity index (χ3n) is 4.12. The van der Waals surface area contributed by atoms with Crippen LogP contribution in [0, 0.1) is 0 Å². The zero-order valence-corrected chi connectivity index (χ0v) is 17.0. The van der Waals surface area contributed by atoms with Crippen LogP contribution < -0.4 is 20.1 Å². The first-order chi connectivity index (χ1) is 14.7. The molecule has 0 spiro atoms. The van der Waals surface area contributed by atoms with Gasteiger partial charge in [-0.05, 0) is 67.6 Å². The van der Waals surface area contributed by atoms with Gasteiger partial charge in [0.15, 0.2) is 0 Å². The summed E-state index contributed by atoms with van der Waals surface area (Å²) < 4.78 is 16.6. The maximum atomic E-state index is 12.2. The molecule has 0 unspecified atom stereocenters. The van der Waals surface area contributed by atoms with Gasteiger partial charge in [0.25, 0.3) is 0 Å². The van der Waals surface area contributed by atoms with Crippen LogP contribution in [0.15, 0.2) is 78.9 Å². The number of carbonyl (C=O) groups is 1. The number of nitrogens with one attached hydrogen (secondary N) is 2. The van der Waals surface area contributed by atoms with Crippen LogP contribution in [0.25, 0.3) is 0 Å². The second-order valence-corrected chi connectivity index (χ2v) is 6.41. The van der Waals surface area contributed by atoms with Gasteiger partial charge in [-0.1, -0.05) is 18.2 Å². The second-order valence-electron chi connectivity index (χ2n) is 6.41. The lowest BCUT2D eigenvalue weighted by atomic mass is 10.3. The predicted molar refractivity (Wildman–Crippen MR) is 119 cm³/mol. The molecule has 156 valence electrons. The van der Waals surface area contributed by atoms with Crippen molar-refractivity contribution in [1.29, 1.82) is 0 Å². The van der Waals surface area contributed by atoms with Gasteiger partial charge < -0.3 is 24.8 Å². The summed E-state index contributed by atoms with van der Waals surface area (Å²) in [4.78, 5) is 12.2. The van der Waals surface area contributed by atoms with Crippen LogP contribution in [0.4, 0.5) is 11.4 Å². The highest BCUT2D eigenvalue weighted by Gasteiger charge is 2.04. The van der Waals surface area contributed by atoms with Gasteiger partial charge in [-0.25, -0.2) is 0 Å². The number of rotatable bonds is 11. The fourth-order valence-corrected chi connectivity index (χ4v) is 2.65. The lowest BCUT2D eigenvalue weighted by molar-refractivity contribution is -0.114. The van der Waals surface area contributed by atoms with E-state index in [1.807, 2.05) is 85.8 Å². The van der Waals surface area contributed by atoms with Gasteiger partial charge in [0.2, 0.25) is 5.91 Å². The quantitative estimate of drug-likeness (QED) is 0.441. The number of hydrogen-bond donors (Lipinski definition) is 2. The van der Waals surface area contributed by atoms with E-state index in [1.165, 1.54) is 0 Å². The van der Waals surface area contributed by atoms with Crippen LogP contribution in [0.2, 0.25) is 0 Å². The topological polar surface area (TPSA) is 68.8 Å². The van der Waals surface area contributed by atoms with Crippen molar-refractivity contribution in [3.63, 3.8) is 0 Å². The molecule has 0 bridgehead atoms. The summed E-state index contributed by atoms with van der Waals surface area (Å²) in [7, 11) is 0. The van der Waals surface area contributed by atoms with Crippen molar-refractivity contribution in [3.8, 4) is 17.2 Å². The van der Waals surface area contributed by atoms with E-state index in [9.17, 15) is 4.79 Å². The van der Waals surface area contributed by atoms with E-state index in [1.54, 1.807) is 0 Å². The number of hydrogen-bond acceptors (Lipinski definition) is 5. The highest BCUT2D eigenvalue weighted by atomic mass is 16.5. The number of benzene rings is 3. The number of amides is 1. The van der Waals surface area contributed by atoms with Gasteiger partial charge in [-0.15, -0.1) is 0 Å². The summed E-state index contributed by atoms with van der Waals surface area (Å²) in [6.07, 6.45) is 0. The van der Waals surface area contributed by atoms with Crippen LogP contribution in [0.1, 0.15) is 6.92 Å². The SMILES string of the molecule is CCOCCOc1ccc(NCC(=O)Nc2ccc(Oc3ccccc3)cc2)cc1. The first kappa shape index (κ1) is 21.2. The summed E-state index contributed by atoms with van der Waals surface area (Å²) in [6.45, 7) is 3.87. The molecule has 0 aliphatic rings. The van der Waals surface area contributed by atoms with Crippen molar-refractivity contribution >= 4 is 17.3 Å². The Morgan fingerprint density at radius 2 is 1.40 bits per heavy atom. The van der Waals surface area contributed by atoms with E-state index in [2.05, 4.69) is 10.6 Å². The van der Waals surface area contributed by atoms with Gasteiger partial charge in [0.1, 0.15) is 23.9 Å². The number of para-hydroxylation sites is 1. The van der Waals surface area contributed by atoms with Crippen molar-refractivity contribution < 1.29 is 19.0 Å². The van der Waals surface area contributed by atoms with Crippen LogP contribution in [0.3, 0.4) is 0 Å². The molecular weight excluding hydrogens is 380 g/mol. The van der Waals surface area contributed by atoms with E-state index in [-0.39, 0.29) is 12.5 Å². The molecule has 3 rings (SSSR count).